The van der Waals surface area contributed by atoms with Gasteiger partial charge in [-0.15, -0.1) is 0 Å². The molecule has 0 fully saturated rings. The molecule has 0 aliphatic carbocycles. The van der Waals surface area contributed by atoms with Crippen molar-refractivity contribution in [2.45, 2.75) is 6.42 Å². The standard InChI is InChI=1S/C10H14ClN3O2/c1-12-5-2-6-13-9-7(10(15)16)3-4-8(11)14-9/h3-4,12H,2,5-6H2,1H3,(H,13,14)(H,15,16). The summed E-state index contributed by atoms with van der Waals surface area (Å²) in [5, 5.41) is 15.2. The minimum atomic E-state index is -1.01. The molecule has 0 aliphatic rings. The van der Waals surface area contributed by atoms with Crippen LogP contribution in [-0.4, -0.2) is 36.2 Å². The Bertz CT molecular complexity index is 371. The van der Waals surface area contributed by atoms with Crippen LogP contribution in [0.2, 0.25) is 5.15 Å². The van der Waals surface area contributed by atoms with E-state index in [4.69, 9.17) is 16.7 Å². The maximum atomic E-state index is 10.9. The number of pyridine rings is 1. The van der Waals surface area contributed by atoms with Crippen LogP contribution in [0.5, 0.6) is 0 Å². The number of carboxylic acid groups (broad SMARTS) is 1. The average molecular weight is 244 g/mol. The van der Waals surface area contributed by atoms with Gasteiger partial charge in [-0.25, -0.2) is 9.78 Å². The van der Waals surface area contributed by atoms with Crippen molar-refractivity contribution >= 4 is 23.4 Å². The molecule has 1 aromatic heterocycles. The van der Waals surface area contributed by atoms with E-state index in [1.807, 2.05) is 7.05 Å². The van der Waals surface area contributed by atoms with E-state index in [0.717, 1.165) is 13.0 Å². The van der Waals surface area contributed by atoms with Gasteiger partial charge >= 0.3 is 5.97 Å². The topological polar surface area (TPSA) is 74.2 Å². The second-order valence-corrected chi connectivity index (χ2v) is 3.61. The summed E-state index contributed by atoms with van der Waals surface area (Å²) >= 11 is 5.71. The number of anilines is 1. The molecule has 6 heteroatoms. The van der Waals surface area contributed by atoms with Crippen molar-refractivity contribution in [1.82, 2.24) is 10.3 Å². The van der Waals surface area contributed by atoms with Crippen LogP contribution in [0.1, 0.15) is 16.8 Å². The van der Waals surface area contributed by atoms with E-state index in [2.05, 4.69) is 15.6 Å². The number of halogens is 1. The summed E-state index contributed by atoms with van der Waals surface area (Å²) in [5.74, 6) is -0.698. The zero-order valence-corrected chi connectivity index (χ0v) is 9.71. The van der Waals surface area contributed by atoms with E-state index >= 15 is 0 Å². The van der Waals surface area contributed by atoms with Crippen molar-refractivity contribution < 1.29 is 9.90 Å². The highest BCUT2D eigenvalue weighted by atomic mass is 35.5. The van der Waals surface area contributed by atoms with Gasteiger partial charge in [0.1, 0.15) is 16.5 Å². The largest absolute Gasteiger partial charge is 0.478 e. The summed E-state index contributed by atoms with van der Waals surface area (Å²) in [6.07, 6.45) is 0.879. The Balaban J connectivity index is 2.68. The zero-order valence-electron chi connectivity index (χ0n) is 8.96. The van der Waals surface area contributed by atoms with Crippen LogP contribution in [0.4, 0.5) is 5.82 Å². The van der Waals surface area contributed by atoms with Crippen LogP contribution in [0.25, 0.3) is 0 Å². The van der Waals surface area contributed by atoms with Crippen molar-refractivity contribution in [3.8, 4) is 0 Å². The Morgan fingerprint density at radius 1 is 1.50 bits per heavy atom. The average Bonchev–Trinajstić information content (AvgIpc) is 2.24. The first-order chi connectivity index (χ1) is 7.65. The number of nitrogens with one attached hydrogen (secondary N) is 2. The third-order valence-corrected chi connectivity index (χ3v) is 2.20. The molecular formula is C10H14ClN3O2. The normalized spacial score (nSPS) is 10.1. The minimum Gasteiger partial charge on any atom is -0.478 e. The predicted octanol–water partition coefficient (Wildman–Crippen LogP) is 1.45. The van der Waals surface area contributed by atoms with Gasteiger partial charge in [-0.3, -0.25) is 0 Å². The van der Waals surface area contributed by atoms with Gasteiger partial charge in [-0.2, -0.15) is 0 Å². The van der Waals surface area contributed by atoms with Gasteiger partial charge in [0.2, 0.25) is 0 Å². The van der Waals surface area contributed by atoms with Gasteiger partial charge in [0.05, 0.1) is 0 Å². The maximum Gasteiger partial charge on any atom is 0.339 e. The van der Waals surface area contributed by atoms with Crippen LogP contribution >= 0.6 is 11.6 Å². The molecule has 16 heavy (non-hydrogen) atoms. The summed E-state index contributed by atoms with van der Waals surface area (Å²) < 4.78 is 0. The van der Waals surface area contributed by atoms with Gasteiger partial charge < -0.3 is 15.7 Å². The Labute approximate surface area is 98.8 Å². The van der Waals surface area contributed by atoms with E-state index in [9.17, 15) is 4.79 Å². The van der Waals surface area contributed by atoms with Gasteiger partial charge in [0, 0.05) is 6.54 Å². The molecule has 0 bridgehead atoms. The van der Waals surface area contributed by atoms with Gasteiger partial charge in [-0.1, -0.05) is 11.6 Å². The van der Waals surface area contributed by atoms with Crippen LogP contribution in [0.15, 0.2) is 12.1 Å². The molecule has 3 N–H and O–H groups in total. The lowest BCUT2D eigenvalue weighted by Gasteiger charge is -2.08. The SMILES string of the molecule is CNCCCNc1nc(Cl)ccc1C(=O)O. The van der Waals surface area contributed by atoms with E-state index in [1.165, 1.54) is 12.1 Å². The first kappa shape index (κ1) is 12.7. The molecule has 0 aromatic carbocycles. The van der Waals surface area contributed by atoms with E-state index < -0.39 is 5.97 Å². The fourth-order valence-electron chi connectivity index (χ4n) is 1.21. The fourth-order valence-corrected chi connectivity index (χ4v) is 1.36. The second kappa shape index (κ2) is 6.30. The minimum absolute atomic E-state index is 0.133. The Morgan fingerprint density at radius 2 is 2.25 bits per heavy atom. The number of nitrogens with zero attached hydrogens (tertiary/aromatic N) is 1. The molecule has 0 aliphatic heterocycles. The number of aromatic carboxylic acids is 1. The molecule has 1 heterocycles. The Morgan fingerprint density at radius 3 is 2.88 bits per heavy atom. The first-order valence-corrected chi connectivity index (χ1v) is 5.31. The Kier molecular flexibility index (Phi) is 5.01. The quantitative estimate of drug-likeness (QED) is 0.521. The van der Waals surface area contributed by atoms with Gasteiger partial charge in [-0.05, 0) is 32.1 Å². The number of hydrogen-bond acceptors (Lipinski definition) is 4. The highest BCUT2D eigenvalue weighted by Crippen LogP contribution is 2.16. The van der Waals surface area contributed by atoms with Crippen LogP contribution < -0.4 is 10.6 Å². The van der Waals surface area contributed by atoms with E-state index in [-0.39, 0.29) is 10.7 Å². The maximum absolute atomic E-state index is 10.9. The molecule has 1 rings (SSSR count). The number of aromatic nitrogens is 1. The smallest absolute Gasteiger partial charge is 0.339 e. The summed E-state index contributed by atoms with van der Waals surface area (Å²) in [6.45, 7) is 1.50. The summed E-state index contributed by atoms with van der Waals surface area (Å²) in [5.41, 5.74) is 0.133. The van der Waals surface area contributed by atoms with Crippen molar-refractivity contribution in [2.75, 3.05) is 25.5 Å². The number of carbonyl (C=O) groups is 1. The van der Waals surface area contributed by atoms with Crippen molar-refractivity contribution in [3.63, 3.8) is 0 Å². The molecule has 0 spiro atoms. The van der Waals surface area contributed by atoms with E-state index in [0.29, 0.717) is 12.4 Å². The van der Waals surface area contributed by atoms with Crippen LogP contribution in [-0.2, 0) is 0 Å². The van der Waals surface area contributed by atoms with Crippen LogP contribution in [0.3, 0.4) is 0 Å². The number of carboxylic acids is 1. The lowest BCUT2D eigenvalue weighted by Crippen LogP contribution is -2.15. The fraction of sp³-hybridized carbons (Fsp3) is 0.400. The highest BCUT2D eigenvalue weighted by molar-refractivity contribution is 6.29. The molecule has 0 amide bonds. The monoisotopic (exact) mass is 243 g/mol. The lowest BCUT2D eigenvalue weighted by atomic mass is 10.2. The zero-order chi connectivity index (χ0) is 12.0. The molecule has 0 atom stereocenters. The lowest BCUT2D eigenvalue weighted by molar-refractivity contribution is 0.0697. The Hall–Kier alpha value is -1.33. The van der Waals surface area contributed by atoms with Gasteiger partial charge in [0.25, 0.3) is 0 Å². The number of rotatable bonds is 6. The summed E-state index contributed by atoms with van der Waals surface area (Å²) in [4.78, 5) is 14.8. The predicted molar refractivity (Wildman–Crippen MR) is 63.2 cm³/mol. The van der Waals surface area contributed by atoms with Crippen molar-refractivity contribution in [2.24, 2.45) is 0 Å². The number of hydrogen-bond donors (Lipinski definition) is 3. The van der Waals surface area contributed by atoms with E-state index in [1.54, 1.807) is 0 Å². The third kappa shape index (κ3) is 3.67. The van der Waals surface area contributed by atoms with Crippen molar-refractivity contribution in [3.05, 3.63) is 22.8 Å². The molecule has 0 radical (unpaired) electrons. The van der Waals surface area contributed by atoms with Crippen molar-refractivity contribution in [1.29, 1.82) is 0 Å². The second-order valence-electron chi connectivity index (χ2n) is 3.22. The first-order valence-electron chi connectivity index (χ1n) is 4.93. The summed E-state index contributed by atoms with van der Waals surface area (Å²) in [6, 6.07) is 2.90. The summed E-state index contributed by atoms with van der Waals surface area (Å²) in [7, 11) is 1.86. The highest BCUT2D eigenvalue weighted by Gasteiger charge is 2.11. The molecule has 0 unspecified atom stereocenters. The molecule has 0 saturated heterocycles. The molecular weight excluding hydrogens is 230 g/mol. The van der Waals surface area contributed by atoms with Crippen LogP contribution in [0, 0.1) is 0 Å². The third-order valence-electron chi connectivity index (χ3n) is 1.99. The molecule has 1 aromatic rings. The van der Waals surface area contributed by atoms with Gasteiger partial charge in [0.15, 0.2) is 0 Å². The molecule has 0 saturated carbocycles. The molecule has 88 valence electrons. The molecule has 5 nitrogen and oxygen atoms in total.